The van der Waals surface area contributed by atoms with E-state index in [1.165, 1.54) is 11.3 Å². The molecule has 0 aliphatic carbocycles. The van der Waals surface area contributed by atoms with Crippen LogP contribution in [0, 0.1) is 5.92 Å². The standard InChI is InChI=1S/C15H18ClN3O2S.ClH/c1-9-4-5-19(10(6-9)8-17)15(20)11-7-12(21-18-11)13-2-3-14(16)22-13;/h2-3,7,9-10H,4-6,8,17H2,1H3;1H. The Labute approximate surface area is 150 Å². The molecule has 23 heavy (non-hydrogen) atoms. The van der Waals surface area contributed by atoms with E-state index in [0.29, 0.717) is 28.3 Å². The Kier molecular flexibility index (Phi) is 6.08. The third-order valence-corrected chi connectivity index (χ3v) is 5.30. The van der Waals surface area contributed by atoms with E-state index in [0.717, 1.165) is 24.3 Å². The van der Waals surface area contributed by atoms with E-state index in [4.69, 9.17) is 21.9 Å². The average molecular weight is 376 g/mol. The number of nitrogens with zero attached hydrogens (tertiary/aromatic N) is 2. The molecule has 0 aromatic carbocycles. The Morgan fingerprint density at radius 3 is 3.00 bits per heavy atom. The van der Waals surface area contributed by atoms with E-state index >= 15 is 0 Å². The van der Waals surface area contributed by atoms with Gasteiger partial charge in [0.1, 0.15) is 0 Å². The normalized spacial score (nSPS) is 21.1. The third kappa shape index (κ3) is 3.88. The van der Waals surface area contributed by atoms with Crippen LogP contribution >= 0.6 is 35.3 Å². The van der Waals surface area contributed by atoms with Crippen molar-refractivity contribution in [2.24, 2.45) is 11.7 Å². The number of nitrogens with two attached hydrogens (primary N) is 1. The van der Waals surface area contributed by atoms with Crippen LogP contribution in [0.5, 0.6) is 0 Å². The fourth-order valence-corrected chi connectivity index (χ4v) is 3.82. The molecule has 2 aromatic heterocycles. The van der Waals surface area contributed by atoms with Gasteiger partial charge >= 0.3 is 0 Å². The number of likely N-dealkylation sites (tertiary alicyclic amines) is 1. The summed E-state index contributed by atoms with van der Waals surface area (Å²) in [6.45, 7) is 3.38. The zero-order valence-electron chi connectivity index (χ0n) is 12.7. The molecule has 0 spiro atoms. The molecule has 0 radical (unpaired) electrons. The van der Waals surface area contributed by atoms with Gasteiger partial charge in [0.25, 0.3) is 5.91 Å². The van der Waals surface area contributed by atoms with Crippen molar-refractivity contribution in [1.82, 2.24) is 10.1 Å². The lowest BCUT2D eigenvalue weighted by Gasteiger charge is -2.37. The largest absolute Gasteiger partial charge is 0.355 e. The van der Waals surface area contributed by atoms with Crippen molar-refractivity contribution in [3.8, 4) is 10.6 Å². The van der Waals surface area contributed by atoms with Crippen molar-refractivity contribution < 1.29 is 9.32 Å². The quantitative estimate of drug-likeness (QED) is 0.887. The predicted octanol–water partition coefficient (Wildman–Crippen LogP) is 3.68. The SMILES string of the molecule is CC1CCN(C(=O)c2cc(-c3ccc(Cl)s3)on2)C(CN)C1.Cl. The van der Waals surface area contributed by atoms with Crippen molar-refractivity contribution in [2.45, 2.75) is 25.8 Å². The van der Waals surface area contributed by atoms with Crippen LogP contribution in [0.25, 0.3) is 10.6 Å². The lowest BCUT2D eigenvalue weighted by Crippen LogP contribution is -2.49. The average Bonchev–Trinajstić information content (AvgIpc) is 3.15. The summed E-state index contributed by atoms with van der Waals surface area (Å²) in [4.78, 5) is 15.3. The fraction of sp³-hybridized carbons (Fsp3) is 0.467. The minimum atomic E-state index is -0.111. The first-order valence-corrected chi connectivity index (χ1v) is 8.51. The van der Waals surface area contributed by atoms with Crippen LogP contribution in [0.1, 0.15) is 30.3 Å². The number of aromatic nitrogens is 1. The van der Waals surface area contributed by atoms with Crippen LogP contribution in [0.15, 0.2) is 22.7 Å². The minimum Gasteiger partial charge on any atom is -0.355 e. The van der Waals surface area contributed by atoms with E-state index in [1.54, 1.807) is 12.1 Å². The number of amides is 1. The van der Waals surface area contributed by atoms with Gasteiger partial charge in [0, 0.05) is 25.2 Å². The molecule has 2 N–H and O–H groups in total. The highest BCUT2D eigenvalue weighted by Crippen LogP contribution is 2.32. The highest BCUT2D eigenvalue weighted by molar-refractivity contribution is 7.19. The first-order valence-electron chi connectivity index (χ1n) is 7.32. The number of carbonyl (C=O) groups is 1. The van der Waals surface area contributed by atoms with Crippen LogP contribution in [0.2, 0.25) is 4.34 Å². The van der Waals surface area contributed by atoms with E-state index in [2.05, 4.69) is 12.1 Å². The van der Waals surface area contributed by atoms with Crippen LogP contribution in [0.4, 0.5) is 0 Å². The summed E-state index contributed by atoms with van der Waals surface area (Å²) in [7, 11) is 0. The van der Waals surface area contributed by atoms with Gasteiger partial charge in [-0.05, 0) is 30.9 Å². The fourth-order valence-electron chi connectivity index (χ4n) is 2.83. The molecule has 126 valence electrons. The summed E-state index contributed by atoms with van der Waals surface area (Å²) in [5.41, 5.74) is 6.15. The molecule has 1 amide bonds. The maximum Gasteiger partial charge on any atom is 0.276 e. The number of hydrogen-bond donors (Lipinski definition) is 1. The molecule has 2 aromatic rings. The number of carbonyl (C=O) groups excluding carboxylic acids is 1. The van der Waals surface area contributed by atoms with Crippen molar-refractivity contribution >= 4 is 41.3 Å². The number of piperidine rings is 1. The van der Waals surface area contributed by atoms with Crippen molar-refractivity contribution in [3.63, 3.8) is 0 Å². The lowest BCUT2D eigenvalue weighted by molar-refractivity contribution is 0.0563. The maximum absolute atomic E-state index is 12.7. The molecule has 1 fully saturated rings. The van der Waals surface area contributed by atoms with Crippen LogP contribution in [-0.2, 0) is 0 Å². The van der Waals surface area contributed by atoms with E-state index in [1.807, 2.05) is 11.0 Å². The number of halogens is 2. The van der Waals surface area contributed by atoms with Gasteiger partial charge in [0.15, 0.2) is 11.5 Å². The van der Waals surface area contributed by atoms with E-state index in [-0.39, 0.29) is 24.4 Å². The Morgan fingerprint density at radius 1 is 1.57 bits per heavy atom. The second-order valence-corrected chi connectivity index (χ2v) is 7.41. The minimum absolute atomic E-state index is 0. The molecule has 0 saturated carbocycles. The van der Waals surface area contributed by atoms with Gasteiger partial charge in [-0.25, -0.2) is 0 Å². The summed E-state index contributed by atoms with van der Waals surface area (Å²) >= 11 is 7.31. The first-order chi connectivity index (χ1) is 10.6. The highest BCUT2D eigenvalue weighted by atomic mass is 35.5. The lowest BCUT2D eigenvalue weighted by atomic mass is 9.92. The summed E-state index contributed by atoms with van der Waals surface area (Å²) in [6.07, 6.45) is 1.93. The molecule has 8 heteroatoms. The molecular weight excluding hydrogens is 357 g/mol. The molecule has 3 heterocycles. The number of hydrogen-bond acceptors (Lipinski definition) is 5. The Hall–Kier alpha value is -1.08. The zero-order valence-corrected chi connectivity index (χ0v) is 15.1. The van der Waals surface area contributed by atoms with Gasteiger partial charge in [-0.15, -0.1) is 23.7 Å². The van der Waals surface area contributed by atoms with Gasteiger partial charge in [-0.1, -0.05) is 23.7 Å². The van der Waals surface area contributed by atoms with E-state index < -0.39 is 0 Å². The molecule has 2 atom stereocenters. The maximum atomic E-state index is 12.7. The van der Waals surface area contributed by atoms with Crippen molar-refractivity contribution in [2.75, 3.05) is 13.1 Å². The van der Waals surface area contributed by atoms with Gasteiger partial charge in [0.05, 0.1) is 9.21 Å². The third-order valence-electron chi connectivity index (χ3n) is 4.06. The van der Waals surface area contributed by atoms with Crippen LogP contribution in [-0.4, -0.2) is 35.1 Å². The second kappa shape index (κ2) is 7.66. The summed E-state index contributed by atoms with van der Waals surface area (Å²) in [5.74, 6) is 1.05. The van der Waals surface area contributed by atoms with Gasteiger partial charge in [-0.3, -0.25) is 4.79 Å². The molecule has 1 saturated heterocycles. The monoisotopic (exact) mass is 375 g/mol. The molecule has 5 nitrogen and oxygen atoms in total. The molecule has 3 rings (SSSR count). The van der Waals surface area contributed by atoms with Gasteiger partial charge < -0.3 is 15.2 Å². The van der Waals surface area contributed by atoms with E-state index in [9.17, 15) is 4.79 Å². The number of rotatable bonds is 3. The molecule has 0 bridgehead atoms. The van der Waals surface area contributed by atoms with Crippen LogP contribution in [0.3, 0.4) is 0 Å². The first kappa shape index (κ1) is 18.3. The van der Waals surface area contributed by atoms with Gasteiger partial charge in [0.2, 0.25) is 0 Å². The molecule has 1 aliphatic rings. The smallest absolute Gasteiger partial charge is 0.276 e. The second-order valence-electron chi connectivity index (χ2n) is 5.70. The summed E-state index contributed by atoms with van der Waals surface area (Å²) < 4.78 is 5.96. The molecule has 1 aliphatic heterocycles. The number of thiophene rings is 1. The molecular formula is C15H19Cl2N3O2S. The topological polar surface area (TPSA) is 72.4 Å². The van der Waals surface area contributed by atoms with Crippen LogP contribution < -0.4 is 5.73 Å². The molecule has 2 unspecified atom stereocenters. The van der Waals surface area contributed by atoms with Gasteiger partial charge in [-0.2, -0.15) is 0 Å². The highest BCUT2D eigenvalue weighted by Gasteiger charge is 2.31. The Morgan fingerprint density at radius 2 is 2.35 bits per heavy atom. The zero-order chi connectivity index (χ0) is 15.7. The summed E-state index contributed by atoms with van der Waals surface area (Å²) in [6, 6.07) is 5.40. The Bertz CT molecular complexity index is 673. The van der Waals surface area contributed by atoms with Crippen molar-refractivity contribution in [1.29, 1.82) is 0 Å². The van der Waals surface area contributed by atoms with Crippen molar-refractivity contribution in [3.05, 3.63) is 28.2 Å². The predicted molar refractivity (Wildman–Crippen MR) is 94.4 cm³/mol. The summed E-state index contributed by atoms with van der Waals surface area (Å²) in [5, 5.41) is 3.92. The Balaban J connectivity index is 0.00000192.